The molecule has 0 unspecified atom stereocenters. The summed E-state index contributed by atoms with van der Waals surface area (Å²) in [7, 11) is 2.02. The number of aromatic nitrogens is 2. The average Bonchev–Trinajstić information content (AvgIpc) is 2.83. The lowest BCUT2D eigenvalue weighted by molar-refractivity contribution is 0.340. The van der Waals surface area contributed by atoms with Gasteiger partial charge in [-0.1, -0.05) is 16.6 Å². The van der Waals surface area contributed by atoms with E-state index >= 15 is 0 Å². The van der Waals surface area contributed by atoms with Gasteiger partial charge in [-0.05, 0) is 30.6 Å². The van der Waals surface area contributed by atoms with Crippen molar-refractivity contribution >= 4 is 17.2 Å². The van der Waals surface area contributed by atoms with Crippen LogP contribution in [-0.4, -0.2) is 23.2 Å². The summed E-state index contributed by atoms with van der Waals surface area (Å²) >= 11 is 1.37. The zero-order chi connectivity index (χ0) is 12.1. The third kappa shape index (κ3) is 2.94. The monoisotopic (exact) mass is 249 g/mol. The van der Waals surface area contributed by atoms with Gasteiger partial charge < -0.3 is 9.64 Å². The average molecular weight is 249 g/mol. The van der Waals surface area contributed by atoms with Crippen molar-refractivity contribution in [3.8, 4) is 5.75 Å². The third-order valence-corrected chi connectivity index (χ3v) is 2.93. The van der Waals surface area contributed by atoms with Crippen LogP contribution < -0.4 is 9.64 Å². The fourth-order valence-electron chi connectivity index (χ4n) is 1.63. The first-order valence-electron chi connectivity index (χ1n) is 5.50. The van der Waals surface area contributed by atoms with Crippen molar-refractivity contribution in [1.82, 2.24) is 9.59 Å². The summed E-state index contributed by atoms with van der Waals surface area (Å²) in [5.41, 5.74) is 2.05. The lowest BCUT2D eigenvalue weighted by Gasteiger charge is -2.20. The van der Waals surface area contributed by atoms with Crippen LogP contribution >= 0.6 is 11.5 Å². The molecule has 5 heteroatoms. The molecule has 2 rings (SSSR count). The third-order valence-electron chi connectivity index (χ3n) is 2.38. The molecule has 17 heavy (non-hydrogen) atoms. The Morgan fingerprint density at radius 3 is 2.88 bits per heavy atom. The highest BCUT2D eigenvalue weighted by Gasteiger charge is 2.09. The van der Waals surface area contributed by atoms with Crippen molar-refractivity contribution in [1.29, 1.82) is 0 Å². The minimum atomic E-state index is 0.670. The molecular formula is C12H15N3OS. The predicted octanol–water partition coefficient (Wildman–Crippen LogP) is 2.57. The van der Waals surface area contributed by atoms with Gasteiger partial charge in [-0.15, -0.1) is 5.10 Å². The van der Waals surface area contributed by atoms with Crippen LogP contribution in [0, 0.1) is 0 Å². The molecule has 4 nitrogen and oxygen atoms in total. The van der Waals surface area contributed by atoms with Gasteiger partial charge in [-0.2, -0.15) is 0 Å². The van der Waals surface area contributed by atoms with Crippen LogP contribution in [0.5, 0.6) is 5.75 Å². The normalized spacial score (nSPS) is 10.2. The fourth-order valence-corrected chi connectivity index (χ4v) is 2.07. The molecule has 1 heterocycles. The van der Waals surface area contributed by atoms with E-state index < -0.39 is 0 Å². The summed E-state index contributed by atoms with van der Waals surface area (Å²) in [5, 5.41) is 6.00. The Bertz CT molecular complexity index is 459. The second-order valence-electron chi connectivity index (χ2n) is 3.65. The molecule has 0 atom stereocenters. The molecule has 0 saturated carbocycles. The maximum Gasteiger partial charge on any atom is 0.142 e. The van der Waals surface area contributed by atoms with E-state index in [-0.39, 0.29) is 0 Å². The highest BCUT2D eigenvalue weighted by Crippen LogP contribution is 2.27. The van der Waals surface area contributed by atoms with Crippen molar-refractivity contribution in [2.75, 3.05) is 18.6 Å². The first-order chi connectivity index (χ1) is 8.31. The Morgan fingerprint density at radius 2 is 2.18 bits per heavy atom. The standard InChI is InChI=1S/C12H15N3OS/c1-3-16-12-7-5-4-6-11(12)15(2)8-10-9-17-14-13-10/h4-7,9H,3,8H2,1-2H3. The quantitative estimate of drug-likeness (QED) is 0.816. The summed E-state index contributed by atoms with van der Waals surface area (Å²) in [6, 6.07) is 8.01. The van der Waals surface area contributed by atoms with E-state index in [1.54, 1.807) is 0 Å². The molecule has 0 radical (unpaired) electrons. The van der Waals surface area contributed by atoms with E-state index in [4.69, 9.17) is 4.74 Å². The van der Waals surface area contributed by atoms with Crippen molar-refractivity contribution in [3.63, 3.8) is 0 Å². The van der Waals surface area contributed by atoms with Crippen LogP contribution in [0.2, 0.25) is 0 Å². The van der Waals surface area contributed by atoms with Gasteiger partial charge in [0.25, 0.3) is 0 Å². The molecule has 0 saturated heterocycles. The number of hydrogen-bond acceptors (Lipinski definition) is 5. The SMILES string of the molecule is CCOc1ccccc1N(C)Cc1csnn1. The van der Waals surface area contributed by atoms with Gasteiger partial charge in [-0.25, -0.2) is 0 Å². The first kappa shape index (κ1) is 11.9. The van der Waals surface area contributed by atoms with Gasteiger partial charge in [0.1, 0.15) is 5.75 Å². The van der Waals surface area contributed by atoms with Gasteiger partial charge in [0.2, 0.25) is 0 Å². The van der Waals surface area contributed by atoms with Crippen molar-refractivity contribution in [3.05, 3.63) is 35.3 Å². The Labute approximate surface area is 105 Å². The number of rotatable bonds is 5. The van der Waals surface area contributed by atoms with E-state index in [1.165, 1.54) is 11.5 Å². The van der Waals surface area contributed by atoms with Crippen LogP contribution in [0.1, 0.15) is 12.6 Å². The molecule has 2 aromatic rings. The Kier molecular flexibility index (Phi) is 3.93. The summed E-state index contributed by atoms with van der Waals surface area (Å²) in [6.07, 6.45) is 0. The zero-order valence-electron chi connectivity index (χ0n) is 9.96. The molecule has 1 aromatic heterocycles. The lowest BCUT2D eigenvalue weighted by atomic mass is 10.2. The summed E-state index contributed by atoms with van der Waals surface area (Å²) < 4.78 is 9.46. The Hall–Kier alpha value is -1.62. The van der Waals surface area contributed by atoms with E-state index in [1.807, 2.05) is 43.6 Å². The van der Waals surface area contributed by atoms with Crippen LogP contribution in [0.4, 0.5) is 5.69 Å². The summed E-state index contributed by atoms with van der Waals surface area (Å²) in [6.45, 7) is 3.39. The first-order valence-corrected chi connectivity index (χ1v) is 6.33. The zero-order valence-corrected chi connectivity index (χ0v) is 10.8. The van der Waals surface area contributed by atoms with Crippen LogP contribution in [0.25, 0.3) is 0 Å². The Balaban J connectivity index is 2.15. The molecule has 0 aliphatic rings. The number of benzene rings is 1. The minimum absolute atomic E-state index is 0.670. The van der Waals surface area contributed by atoms with E-state index in [2.05, 4.69) is 14.5 Å². The second-order valence-corrected chi connectivity index (χ2v) is 4.26. The minimum Gasteiger partial charge on any atom is -0.492 e. The molecular weight excluding hydrogens is 234 g/mol. The molecule has 0 N–H and O–H groups in total. The molecule has 0 bridgehead atoms. The smallest absolute Gasteiger partial charge is 0.142 e. The summed E-state index contributed by atoms with van der Waals surface area (Å²) in [4.78, 5) is 2.11. The van der Waals surface area contributed by atoms with E-state index in [9.17, 15) is 0 Å². The van der Waals surface area contributed by atoms with Crippen LogP contribution in [0.15, 0.2) is 29.6 Å². The molecule has 90 valence electrons. The number of para-hydroxylation sites is 2. The topological polar surface area (TPSA) is 38.2 Å². The van der Waals surface area contributed by atoms with Gasteiger partial charge in [0, 0.05) is 12.4 Å². The molecule has 0 amide bonds. The molecule has 0 fully saturated rings. The molecule has 1 aromatic carbocycles. The largest absolute Gasteiger partial charge is 0.492 e. The fraction of sp³-hybridized carbons (Fsp3) is 0.333. The highest BCUT2D eigenvalue weighted by atomic mass is 32.1. The van der Waals surface area contributed by atoms with Crippen molar-refractivity contribution in [2.45, 2.75) is 13.5 Å². The maximum absolute atomic E-state index is 5.60. The molecule has 0 aliphatic carbocycles. The van der Waals surface area contributed by atoms with Gasteiger partial charge >= 0.3 is 0 Å². The van der Waals surface area contributed by atoms with Crippen LogP contribution in [0.3, 0.4) is 0 Å². The van der Waals surface area contributed by atoms with Gasteiger partial charge in [-0.3, -0.25) is 0 Å². The van der Waals surface area contributed by atoms with Gasteiger partial charge in [0.05, 0.1) is 24.5 Å². The van der Waals surface area contributed by atoms with Crippen molar-refractivity contribution < 1.29 is 4.74 Å². The lowest BCUT2D eigenvalue weighted by Crippen LogP contribution is -2.17. The second kappa shape index (κ2) is 5.63. The van der Waals surface area contributed by atoms with Crippen LogP contribution in [-0.2, 0) is 6.54 Å². The molecule has 0 aliphatic heterocycles. The van der Waals surface area contributed by atoms with E-state index in [0.717, 1.165) is 23.7 Å². The predicted molar refractivity (Wildman–Crippen MR) is 69.6 cm³/mol. The van der Waals surface area contributed by atoms with Gasteiger partial charge in [0.15, 0.2) is 0 Å². The number of anilines is 1. The van der Waals surface area contributed by atoms with E-state index in [0.29, 0.717) is 6.61 Å². The number of ether oxygens (including phenoxy) is 1. The van der Waals surface area contributed by atoms with Crippen molar-refractivity contribution in [2.24, 2.45) is 0 Å². The highest BCUT2D eigenvalue weighted by molar-refractivity contribution is 7.03. The Morgan fingerprint density at radius 1 is 1.35 bits per heavy atom. The summed E-state index contributed by atoms with van der Waals surface area (Å²) in [5.74, 6) is 0.903. The maximum atomic E-state index is 5.60. The molecule has 0 spiro atoms. The number of hydrogen-bond donors (Lipinski definition) is 0. The number of nitrogens with zero attached hydrogens (tertiary/aromatic N) is 3.